The second kappa shape index (κ2) is 10.3. The summed E-state index contributed by atoms with van der Waals surface area (Å²) in [5, 5.41) is 20.0. The number of hydrogen-bond acceptors (Lipinski definition) is 5. The van der Waals surface area contributed by atoms with Gasteiger partial charge in [-0.15, -0.1) is 10.2 Å². The van der Waals surface area contributed by atoms with Crippen molar-refractivity contribution in [3.8, 4) is 34.3 Å². The molecule has 0 atom stereocenters. The highest BCUT2D eigenvalue weighted by atomic mass is 16.5. The van der Waals surface area contributed by atoms with Crippen LogP contribution < -0.4 is 4.74 Å². The Morgan fingerprint density at radius 1 is 0.846 bits per heavy atom. The lowest BCUT2D eigenvalue weighted by Crippen LogP contribution is -1.99. The van der Waals surface area contributed by atoms with Crippen LogP contribution in [0.5, 0.6) is 5.75 Å². The van der Waals surface area contributed by atoms with Crippen LogP contribution in [-0.4, -0.2) is 32.4 Å². The molecule has 0 aliphatic heterocycles. The molecule has 2 aromatic heterocycles. The van der Waals surface area contributed by atoms with Crippen molar-refractivity contribution < 1.29 is 19.1 Å². The number of benzene rings is 4. The molecular formula is C32H25N3O4. The SMILES string of the molecule is CC(=CCCOc1cccc(-c2nnc(-c3cccc(-n4c5ccccc5c5ccccc54)c3)o2)c1)C(=O)O. The van der Waals surface area contributed by atoms with Crippen molar-refractivity contribution in [3.05, 3.63) is 109 Å². The zero-order chi connectivity index (χ0) is 26.8. The van der Waals surface area contributed by atoms with Crippen molar-refractivity contribution in [3.63, 3.8) is 0 Å². The Bertz CT molecular complexity index is 1790. The van der Waals surface area contributed by atoms with E-state index in [9.17, 15) is 4.79 Å². The van der Waals surface area contributed by atoms with E-state index in [1.165, 1.54) is 10.8 Å². The molecule has 6 aromatic rings. The standard InChI is InChI=1S/C32H25N3O4/c1-21(32(36)37)9-8-18-38-25-13-7-11-23(20-25)31-34-33-30(39-31)22-10-6-12-24(19-22)35-28-16-4-2-14-26(28)27-15-3-5-17-29(27)35/h2-7,9-17,19-20H,8,18H2,1H3,(H,36,37). The van der Waals surface area contributed by atoms with E-state index < -0.39 is 5.97 Å². The maximum atomic E-state index is 10.9. The molecule has 0 aliphatic carbocycles. The Morgan fingerprint density at radius 3 is 2.13 bits per heavy atom. The van der Waals surface area contributed by atoms with Crippen molar-refractivity contribution >= 4 is 27.8 Å². The van der Waals surface area contributed by atoms with E-state index in [0.29, 0.717) is 36.1 Å². The summed E-state index contributed by atoms with van der Waals surface area (Å²) < 4.78 is 14.1. The van der Waals surface area contributed by atoms with Crippen molar-refractivity contribution in [2.75, 3.05) is 6.61 Å². The molecule has 0 bridgehead atoms. The minimum Gasteiger partial charge on any atom is -0.493 e. The summed E-state index contributed by atoms with van der Waals surface area (Å²) in [7, 11) is 0. The molecule has 0 saturated heterocycles. The predicted molar refractivity (Wildman–Crippen MR) is 151 cm³/mol. The van der Waals surface area contributed by atoms with Gasteiger partial charge in [0.25, 0.3) is 0 Å². The van der Waals surface area contributed by atoms with Crippen LogP contribution in [0.1, 0.15) is 13.3 Å². The van der Waals surface area contributed by atoms with Gasteiger partial charge in [0.1, 0.15) is 5.75 Å². The first-order valence-electron chi connectivity index (χ1n) is 12.6. The van der Waals surface area contributed by atoms with Crippen molar-refractivity contribution in [2.45, 2.75) is 13.3 Å². The summed E-state index contributed by atoms with van der Waals surface area (Å²) in [6.45, 7) is 1.92. The van der Waals surface area contributed by atoms with Gasteiger partial charge in [-0.3, -0.25) is 0 Å². The molecule has 0 amide bonds. The molecule has 39 heavy (non-hydrogen) atoms. The molecule has 6 rings (SSSR count). The van der Waals surface area contributed by atoms with Gasteiger partial charge in [0.15, 0.2) is 0 Å². The van der Waals surface area contributed by atoms with Crippen molar-refractivity contribution in [2.24, 2.45) is 0 Å². The zero-order valence-electron chi connectivity index (χ0n) is 21.2. The van der Waals surface area contributed by atoms with Gasteiger partial charge in [-0.25, -0.2) is 4.79 Å². The molecule has 192 valence electrons. The van der Waals surface area contributed by atoms with Crippen molar-refractivity contribution in [1.82, 2.24) is 14.8 Å². The average molecular weight is 516 g/mol. The van der Waals surface area contributed by atoms with Gasteiger partial charge >= 0.3 is 5.97 Å². The van der Waals surface area contributed by atoms with E-state index in [1.807, 2.05) is 36.4 Å². The Hall–Kier alpha value is -5.17. The van der Waals surface area contributed by atoms with Crippen molar-refractivity contribution in [1.29, 1.82) is 0 Å². The number of rotatable bonds is 8. The van der Waals surface area contributed by atoms with E-state index >= 15 is 0 Å². The molecule has 0 unspecified atom stereocenters. The number of carboxylic acid groups (broad SMARTS) is 1. The first-order chi connectivity index (χ1) is 19.1. The number of nitrogens with zero attached hydrogens (tertiary/aromatic N) is 3. The summed E-state index contributed by atoms with van der Waals surface area (Å²) in [5.41, 5.74) is 5.13. The van der Waals surface area contributed by atoms with Crippen LogP contribution in [0.3, 0.4) is 0 Å². The van der Waals surface area contributed by atoms with E-state index in [1.54, 1.807) is 13.0 Å². The normalized spacial score (nSPS) is 11.8. The minimum atomic E-state index is -0.926. The van der Waals surface area contributed by atoms with Gasteiger partial charge in [0.2, 0.25) is 11.8 Å². The van der Waals surface area contributed by atoms with Crippen LogP contribution in [0, 0.1) is 0 Å². The minimum absolute atomic E-state index is 0.299. The Labute approximate surface area is 224 Å². The van der Waals surface area contributed by atoms with E-state index in [2.05, 4.69) is 75.4 Å². The van der Waals surface area contributed by atoms with Gasteiger partial charge in [-0.05, 0) is 55.5 Å². The fourth-order valence-corrected chi connectivity index (χ4v) is 4.69. The predicted octanol–water partition coefficient (Wildman–Crippen LogP) is 7.30. The fourth-order valence-electron chi connectivity index (χ4n) is 4.69. The first-order valence-corrected chi connectivity index (χ1v) is 12.6. The quantitative estimate of drug-likeness (QED) is 0.169. The lowest BCUT2D eigenvalue weighted by Gasteiger charge is -2.08. The number of aromatic nitrogens is 3. The van der Waals surface area contributed by atoms with E-state index in [0.717, 1.165) is 27.8 Å². The zero-order valence-corrected chi connectivity index (χ0v) is 21.2. The van der Waals surface area contributed by atoms with Crippen LogP contribution in [0.25, 0.3) is 50.4 Å². The summed E-state index contributed by atoms with van der Waals surface area (Å²) in [5.74, 6) is 0.527. The molecule has 0 aliphatic rings. The van der Waals surface area contributed by atoms with Crippen LogP contribution >= 0.6 is 0 Å². The molecule has 0 radical (unpaired) electrons. The van der Waals surface area contributed by atoms with E-state index in [-0.39, 0.29) is 0 Å². The number of aliphatic carboxylic acids is 1. The highest BCUT2D eigenvalue weighted by Crippen LogP contribution is 2.33. The summed E-state index contributed by atoms with van der Waals surface area (Å²) in [6, 6.07) is 32.3. The van der Waals surface area contributed by atoms with Gasteiger partial charge in [-0.2, -0.15) is 0 Å². The maximum Gasteiger partial charge on any atom is 0.330 e. The Balaban J connectivity index is 1.27. The van der Waals surface area contributed by atoms with Crippen LogP contribution in [0.15, 0.2) is 113 Å². The third kappa shape index (κ3) is 4.78. The molecule has 7 heteroatoms. The highest BCUT2D eigenvalue weighted by molar-refractivity contribution is 6.09. The lowest BCUT2D eigenvalue weighted by atomic mass is 10.2. The molecule has 2 heterocycles. The molecule has 4 aromatic carbocycles. The smallest absolute Gasteiger partial charge is 0.330 e. The summed E-state index contributed by atoms with van der Waals surface area (Å²) in [4.78, 5) is 10.9. The second-order valence-corrected chi connectivity index (χ2v) is 9.19. The molecule has 0 spiro atoms. The number of carbonyl (C=O) groups is 1. The topological polar surface area (TPSA) is 90.4 Å². The second-order valence-electron chi connectivity index (χ2n) is 9.19. The first kappa shape index (κ1) is 24.2. The Morgan fingerprint density at radius 2 is 1.46 bits per heavy atom. The van der Waals surface area contributed by atoms with Gasteiger partial charge in [0.05, 0.1) is 17.6 Å². The van der Waals surface area contributed by atoms with Crippen LogP contribution in [-0.2, 0) is 4.79 Å². The van der Waals surface area contributed by atoms with Crippen LogP contribution in [0.4, 0.5) is 0 Å². The third-order valence-corrected chi connectivity index (χ3v) is 6.61. The fraction of sp³-hybridized carbons (Fsp3) is 0.0938. The van der Waals surface area contributed by atoms with Gasteiger partial charge in [0, 0.05) is 39.6 Å². The lowest BCUT2D eigenvalue weighted by molar-refractivity contribution is -0.132. The number of carboxylic acids is 1. The van der Waals surface area contributed by atoms with Crippen LogP contribution in [0.2, 0.25) is 0 Å². The monoisotopic (exact) mass is 515 g/mol. The summed E-state index contributed by atoms with van der Waals surface area (Å²) in [6.07, 6.45) is 2.14. The number of para-hydroxylation sites is 2. The Kier molecular flexibility index (Phi) is 6.39. The summed E-state index contributed by atoms with van der Waals surface area (Å²) >= 11 is 0. The van der Waals surface area contributed by atoms with E-state index in [4.69, 9.17) is 14.3 Å². The number of fused-ring (bicyclic) bond motifs is 3. The molecule has 1 N–H and O–H groups in total. The molecule has 0 fully saturated rings. The molecular weight excluding hydrogens is 490 g/mol. The van der Waals surface area contributed by atoms with Gasteiger partial charge in [-0.1, -0.05) is 54.6 Å². The molecule has 0 saturated carbocycles. The number of ether oxygens (including phenoxy) is 1. The highest BCUT2D eigenvalue weighted by Gasteiger charge is 2.15. The maximum absolute atomic E-state index is 10.9. The average Bonchev–Trinajstić information content (AvgIpc) is 3.59. The van der Waals surface area contributed by atoms with Gasteiger partial charge < -0.3 is 18.8 Å². The number of hydrogen-bond donors (Lipinski definition) is 1. The third-order valence-electron chi connectivity index (χ3n) is 6.61. The largest absolute Gasteiger partial charge is 0.493 e. The molecule has 7 nitrogen and oxygen atoms in total.